The first-order valence-electron chi connectivity index (χ1n) is 9.66. The number of aryl methyl sites for hydroxylation is 1. The second kappa shape index (κ2) is 8.39. The molecule has 2 aromatic carbocycles. The molecule has 3 amide bonds. The summed E-state index contributed by atoms with van der Waals surface area (Å²) in [6.07, 6.45) is 0. The van der Waals surface area contributed by atoms with E-state index in [1.165, 1.54) is 17.0 Å². The van der Waals surface area contributed by atoms with E-state index >= 15 is 0 Å². The van der Waals surface area contributed by atoms with Crippen LogP contribution in [0.2, 0.25) is 0 Å². The van der Waals surface area contributed by atoms with E-state index in [1.807, 2.05) is 18.4 Å². The van der Waals surface area contributed by atoms with Gasteiger partial charge < -0.3 is 9.88 Å². The fourth-order valence-corrected chi connectivity index (χ4v) is 4.31. The van der Waals surface area contributed by atoms with Crippen LogP contribution in [-0.2, 0) is 11.3 Å². The van der Waals surface area contributed by atoms with Crippen molar-refractivity contribution in [3.05, 3.63) is 82.9 Å². The summed E-state index contributed by atoms with van der Waals surface area (Å²) in [5.74, 6) is -0.576. The molecule has 0 saturated carbocycles. The molecule has 1 aliphatic heterocycles. The Bertz CT molecular complexity index is 1150. The quantitative estimate of drug-likeness (QED) is 0.629. The second-order valence-electron chi connectivity index (χ2n) is 7.28. The smallest absolute Gasteiger partial charge is 0.289 e. The molecule has 1 fully saturated rings. The minimum Gasteiger partial charge on any atom is -0.322 e. The standard InChI is InChI=1S/C23H20FN3O3S/c1-14-11-20(15(2)27(14)19-9-5-17(24)6-10-19)22(29)25-18-7-3-16(4-8-18)12-26-21(28)13-31-23(26)30/h3-11H,12-13H2,1-2H3,(H,25,29). The van der Waals surface area contributed by atoms with E-state index in [0.717, 1.165) is 34.4 Å². The molecule has 1 saturated heterocycles. The molecule has 0 spiro atoms. The first-order chi connectivity index (χ1) is 14.8. The van der Waals surface area contributed by atoms with E-state index in [2.05, 4.69) is 5.32 Å². The number of hydrogen-bond donors (Lipinski definition) is 1. The van der Waals surface area contributed by atoms with Gasteiger partial charge in [0.05, 0.1) is 17.9 Å². The lowest BCUT2D eigenvalue weighted by Gasteiger charge is -2.13. The van der Waals surface area contributed by atoms with Crippen LogP contribution in [-0.4, -0.2) is 32.3 Å². The third-order valence-electron chi connectivity index (χ3n) is 5.15. The number of imide groups is 1. The minimum absolute atomic E-state index is 0.184. The van der Waals surface area contributed by atoms with Gasteiger partial charge in [0.15, 0.2) is 0 Å². The number of carbonyl (C=O) groups excluding carboxylic acids is 3. The van der Waals surface area contributed by atoms with Crippen molar-refractivity contribution in [3.8, 4) is 5.69 Å². The molecule has 1 N–H and O–H groups in total. The Balaban J connectivity index is 1.48. The fraction of sp³-hybridized carbons (Fsp3) is 0.174. The van der Waals surface area contributed by atoms with E-state index in [-0.39, 0.29) is 35.2 Å². The Morgan fingerprint density at radius 3 is 2.35 bits per heavy atom. The summed E-state index contributed by atoms with van der Waals surface area (Å²) < 4.78 is 15.2. The topological polar surface area (TPSA) is 71.4 Å². The minimum atomic E-state index is -0.315. The van der Waals surface area contributed by atoms with Gasteiger partial charge in [-0.25, -0.2) is 4.39 Å². The van der Waals surface area contributed by atoms with Crippen LogP contribution in [0.5, 0.6) is 0 Å². The van der Waals surface area contributed by atoms with Crippen molar-refractivity contribution in [1.29, 1.82) is 0 Å². The second-order valence-corrected chi connectivity index (χ2v) is 8.21. The molecule has 6 nitrogen and oxygen atoms in total. The van der Waals surface area contributed by atoms with Gasteiger partial charge in [0, 0.05) is 22.8 Å². The first kappa shape index (κ1) is 20.9. The molecule has 31 heavy (non-hydrogen) atoms. The van der Waals surface area contributed by atoms with E-state index in [9.17, 15) is 18.8 Å². The fourth-order valence-electron chi connectivity index (χ4n) is 3.59. The zero-order chi connectivity index (χ0) is 22.1. The average Bonchev–Trinajstić information content (AvgIpc) is 3.23. The molecule has 1 aromatic heterocycles. The summed E-state index contributed by atoms with van der Waals surface area (Å²) in [5.41, 5.74) is 4.33. The largest absolute Gasteiger partial charge is 0.322 e. The summed E-state index contributed by atoms with van der Waals surface area (Å²) >= 11 is 1.01. The maximum Gasteiger partial charge on any atom is 0.289 e. The number of thioether (sulfide) groups is 1. The number of halogens is 1. The maximum absolute atomic E-state index is 13.2. The van der Waals surface area contributed by atoms with Gasteiger partial charge in [0.25, 0.3) is 11.1 Å². The van der Waals surface area contributed by atoms with Crippen LogP contribution < -0.4 is 5.32 Å². The Labute approximate surface area is 183 Å². The van der Waals surface area contributed by atoms with Crippen molar-refractivity contribution in [2.75, 3.05) is 11.1 Å². The Kier molecular flexibility index (Phi) is 5.65. The number of nitrogens with one attached hydrogen (secondary N) is 1. The summed E-state index contributed by atoms with van der Waals surface area (Å²) in [4.78, 5) is 37.6. The number of benzene rings is 2. The van der Waals surface area contributed by atoms with Crippen molar-refractivity contribution >= 4 is 34.5 Å². The maximum atomic E-state index is 13.2. The lowest BCUT2D eigenvalue weighted by Crippen LogP contribution is -2.27. The number of anilines is 1. The third kappa shape index (κ3) is 4.25. The molecule has 0 bridgehead atoms. The number of hydrogen-bond acceptors (Lipinski definition) is 4. The van der Waals surface area contributed by atoms with Gasteiger partial charge in [-0.15, -0.1) is 0 Å². The molecule has 0 unspecified atom stereocenters. The highest BCUT2D eigenvalue weighted by Crippen LogP contribution is 2.24. The van der Waals surface area contributed by atoms with Gasteiger partial charge in [-0.05, 0) is 61.9 Å². The molecule has 2 heterocycles. The SMILES string of the molecule is Cc1cc(C(=O)Nc2ccc(CN3C(=O)CSC3=O)cc2)c(C)n1-c1ccc(F)cc1. The highest BCUT2D eigenvalue weighted by atomic mass is 32.2. The molecule has 158 valence electrons. The zero-order valence-corrected chi connectivity index (χ0v) is 17.8. The van der Waals surface area contributed by atoms with Gasteiger partial charge in [0.2, 0.25) is 5.91 Å². The van der Waals surface area contributed by atoms with E-state index in [1.54, 1.807) is 42.5 Å². The molecular weight excluding hydrogens is 417 g/mol. The van der Waals surface area contributed by atoms with Gasteiger partial charge >= 0.3 is 0 Å². The Morgan fingerprint density at radius 2 is 1.74 bits per heavy atom. The van der Waals surface area contributed by atoms with E-state index in [4.69, 9.17) is 0 Å². The number of amides is 3. The van der Waals surface area contributed by atoms with Crippen molar-refractivity contribution < 1.29 is 18.8 Å². The molecule has 0 aliphatic carbocycles. The highest BCUT2D eigenvalue weighted by molar-refractivity contribution is 8.14. The Hall–Kier alpha value is -3.39. The summed E-state index contributed by atoms with van der Waals surface area (Å²) in [5, 5.41) is 2.64. The third-order valence-corrected chi connectivity index (χ3v) is 6.01. The van der Waals surface area contributed by atoms with E-state index in [0.29, 0.717) is 11.3 Å². The number of rotatable bonds is 5. The van der Waals surface area contributed by atoms with Gasteiger partial charge in [-0.3, -0.25) is 19.3 Å². The van der Waals surface area contributed by atoms with Gasteiger partial charge in [-0.2, -0.15) is 0 Å². The molecular formula is C23H20FN3O3S. The molecule has 3 aromatic rings. The number of carbonyl (C=O) groups is 3. The Morgan fingerprint density at radius 1 is 1.06 bits per heavy atom. The van der Waals surface area contributed by atoms with Crippen molar-refractivity contribution in [2.45, 2.75) is 20.4 Å². The van der Waals surface area contributed by atoms with Gasteiger partial charge in [-0.1, -0.05) is 23.9 Å². The predicted molar refractivity (Wildman–Crippen MR) is 118 cm³/mol. The normalized spacial score (nSPS) is 13.7. The lowest BCUT2D eigenvalue weighted by atomic mass is 10.1. The van der Waals surface area contributed by atoms with Crippen LogP contribution >= 0.6 is 11.8 Å². The zero-order valence-electron chi connectivity index (χ0n) is 17.0. The summed E-state index contributed by atoms with van der Waals surface area (Å²) in [6.45, 7) is 3.95. The predicted octanol–water partition coefficient (Wildman–Crippen LogP) is 4.68. The summed E-state index contributed by atoms with van der Waals surface area (Å²) in [7, 11) is 0. The van der Waals surface area contributed by atoms with Crippen LogP contribution in [0.1, 0.15) is 27.3 Å². The van der Waals surface area contributed by atoms with E-state index < -0.39 is 0 Å². The average molecular weight is 437 g/mol. The molecule has 1 aliphatic rings. The van der Waals surface area contributed by atoms with Crippen molar-refractivity contribution in [2.24, 2.45) is 0 Å². The van der Waals surface area contributed by atoms with Crippen molar-refractivity contribution in [3.63, 3.8) is 0 Å². The monoisotopic (exact) mass is 437 g/mol. The van der Waals surface area contributed by atoms with Crippen LogP contribution in [0, 0.1) is 19.7 Å². The first-order valence-corrected chi connectivity index (χ1v) is 10.6. The van der Waals surface area contributed by atoms with Crippen LogP contribution in [0.4, 0.5) is 14.9 Å². The number of aromatic nitrogens is 1. The highest BCUT2D eigenvalue weighted by Gasteiger charge is 2.29. The lowest BCUT2D eigenvalue weighted by molar-refractivity contribution is -0.125. The van der Waals surface area contributed by atoms with Crippen LogP contribution in [0.15, 0.2) is 54.6 Å². The van der Waals surface area contributed by atoms with Gasteiger partial charge in [0.1, 0.15) is 5.82 Å². The van der Waals surface area contributed by atoms with Crippen LogP contribution in [0.3, 0.4) is 0 Å². The van der Waals surface area contributed by atoms with Crippen LogP contribution in [0.25, 0.3) is 5.69 Å². The van der Waals surface area contributed by atoms with Crippen molar-refractivity contribution in [1.82, 2.24) is 9.47 Å². The summed E-state index contributed by atoms with van der Waals surface area (Å²) in [6, 6.07) is 14.9. The number of nitrogens with zero attached hydrogens (tertiary/aromatic N) is 2. The molecule has 0 radical (unpaired) electrons. The molecule has 0 atom stereocenters. The molecule has 8 heteroatoms. The molecule has 4 rings (SSSR count).